The highest BCUT2D eigenvalue weighted by molar-refractivity contribution is 6.31. The summed E-state index contributed by atoms with van der Waals surface area (Å²) in [5.41, 5.74) is 8.80. The molecule has 0 aliphatic rings. The Bertz CT molecular complexity index is 723. The number of hydrogen-bond donors (Lipinski definition) is 2. The lowest BCUT2D eigenvalue weighted by Gasteiger charge is -2.11. The zero-order chi connectivity index (χ0) is 13.2. The summed E-state index contributed by atoms with van der Waals surface area (Å²) in [6, 6.07) is 19.7. The van der Waals surface area contributed by atoms with Crippen molar-refractivity contribution in [1.82, 2.24) is 0 Å². The van der Waals surface area contributed by atoms with Crippen molar-refractivity contribution < 1.29 is 0 Å². The normalized spacial score (nSPS) is 10.6. The Morgan fingerprint density at radius 3 is 2.42 bits per heavy atom. The molecule has 0 aliphatic carbocycles. The van der Waals surface area contributed by atoms with Gasteiger partial charge in [-0.2, -0.15) is 0 Å². The molecule has 3 heteroatoms. The first-order chi connectivity index (χ1) is 9.24. The molecule has 3 rings (SSSR count). The SMILES string of the molecule is Nc1ccc(Nc2ccccc2)c2ccc(Cl)cc12. The van der Waals surface area contributed by atoms with Crippen molar-refractivity contribution in [3.05, 3.63) is 65.7 Å². The lowest BCUT2D eigenvalue weighted by atomic mass is 10.1. The van der Waals surface area contributed by atoms with Crippen molar-refractivity contribution in [3.63, 3.8) is 0 Å². The van der Waals surface area contributed by atoms with Gasteiger partial charge in [0.15, 0.2) is 0 Å². The zero-order valence-electron chi connectivity index (χ0n) is 10.2. The molecule has 0 bridgehead atoms. The van der Waals surface area contributed by atoms with E-state index in [-0.39, 0.29) is 0 Å². The smallest absolute Gasteiger partial charge is 0.0465 e. The Morgan fingerprint density at radius 2 is 1.63 bits per heavy atom. The molecule has 0 saturated carbocycles. The third-order valence-electron chi connectivity index (χ3n) is 3.07. The van der Waals surface area contributed by atoms with Crippen molar-refractivity contribution >= 4 is 39.4 Å². The summed E-state index contributed by atoms with van der Waals surface area (Å²) in [4.78, 5) is 0. The van der Waals surface area contributed by atoms with Crippen LogP contribution in [-0.2, 0) is 0 Å². The van der Waals surface area contributed by atoms with Gasteiger partial charge in [0.2, 0.25) is 0 Å². The van der Waals surface area contributed by atoms with Crippen molar-refractivity contribution in [1.29, 1.82) is 0 Å². The Balaban J connectivity index is 2.12. The number of halogens is 1. The van der Waals surface area contributed by atoms with E-state index in [4.69, 9.17) is 17.3 Å². The van der Waals surface area contributed by atoms with Crippen molar-refractivity contribution in [2.24, 2.45) is 0 Å². The molecule has 3 N–H and O–H groups in total. The highest BCUT2D eigenvalue weighted by atomic mass is 35.5. The number of nitrogen functional groups attached to an aromatic ring is 1. The van der Waals surface area contributed by atoms with E-state index in [1.165, 1.54) is 0 Å². The summed E-state index contributed by atoms with van der Waals surface area (Å²) in [5.74, 6) is 0. The van der Waals surface area contributed by atoms with Gasteiger partial charge in [-0.1, -0.05) is 35.9 Å². The molecule has 3 aromatic carbocycles. The van der Waals surface area contributed by atoms with E-state index in [0.29, 0.717) is 5.02 Å². The van der Waals surface area contributed by atoms with Gasteiger partial charge >= 0.3 is 0 Å². The molecule has 2 nitrogen and oxygen atoms in total. The fourth-order valence-corrected chi connectivity index (χ4v) is 2.30. The summed E-state index contributed by atoms with van der Waals surface area (Å²) in [7, 11) is 0. The van der Waals surface area contributed by atoms with Gasteiger partial charge in [-0.3, -0.25) is 0 Å². The van der Waals surface area contributed by atoms with Gasteiger partial charge in [0.25, 0.3) is 0 Å². The molecule has 0 radical (unpaired) electrons. The van der Waals surface area contributed by atoms with Gasteiger partial charge in [0, 0.05) is 32.9 Å². The van der Waals surface area contributed by atoms with Crippen LogP contribution in [0.25, 0.3) is 10.8 Å². The number of nitrogens with one attached hydrogen (secondary N) is 1. The lowest BCUT2D eigenvalue weighted by molar-refractivity contribution is 1.58. The van der Waals surface area contributed by atoms with Crippen LogP contribution >= 0.6 is 11.6 Å². The number of para-hydroxylation sites is 1. The molecule has 0 fully saturated rings. The van der Waals surface area contributed by atoms with E-state index >= 15 is 0 Å². The molecule has 0 unspecified atom stereocenters. The quantitative estimate of drug-likeness (QED) is 0.654. The highest BCUT2D eigenvalue weighted by Crippen LogP contribution is 2.32. The fourth-order valence-electron chi connectivity index (χ4n) is 2.13. The molecule has 0 saturated heterocycles. The van der Waals surface area contributed by atoms with Crippen LogP contribution in [0.2, 0.25) is 5.02 Å². The van der Waals surface area contributed by atoms with Gasteiger partial charge < -0.3 is 11.1 Å². The molecule has 3 aromatic rings. The molecule has 0 aromatic heterocycles. The number of fused-ring (bicyclic) bond motifs is 1. The second kappa shape index (κ2) is 4.82. The van der Waals surface area contributed by atoms with Gasteiger partial charge in [-0.15, -0.1) is 0 Å². The molecule has 19 heavy (non-hydrogen) atoms. The van der Waals surface area contributed by atoms with E-state index in [1.807, 2.05) is 60.7 Å². The minimum atomic E-state index is 0.691. The maximum atomic E-state index is 6.03. The molecule has 0 atom stereocenters. The van der Waals surface area contributed by atoms with Crippen LogP contribution in [0, 0.1) is 0 Å². The van der Waals surface area contributed by atoms with E-state index in [9.17, 15) is 0 Å². The lowest BCUT2D eigenvalue weighted by Crippen LogP contribution is -1.94. The number of rotatable bonds is 2. The van der Waals surface area contributed by atoms with Gasteiger partial charge in [-0.25, -0.2) is 0 Å². The fraction of sp³-hybridized carbons (Fsp3) is 0. The number of hydrogen-bond acceptors (Lipinski definition) is 2. The monoisotopic (exact) mass is 268 g/mol. The topological polar surface area (TPSA) is 38.0 Å². The minimum absolute atomic E-state index is 0.691. The molecule has 94 valence electrons. The summed E-state index contributed by atoms with van der Waals surface area (Å²) < 4.78 is 0. The largest absolute Gasteiger partial charge is 0.398 e. The summed E-state index contributed by atoms with van der Waals surface area (Å²) in [5, 5.41) is 6.12. The van der Waals surface area contributed by atoms with Crippen LogP contribution in [0.3, 0.4) is 0 Å². The summed E-state index contributed by atoms with van der Waals surface area (Å²) in [6.07, 6.45) is 0. The average Bonchev–Trinajstić information content (AvgIpc) is 2.43. The first kappa shape index (κ1) is 11.9. The molecule has 0 amide bonds. The first-order valence-corrected chi connectivity index (χ1v) is 6.42. The third kappa shape index (κ3) is 2.35. The second-order valence-corrected chi connectivity index (χ2v) is 4.82. The number of anilines is 3. The molecule has 0 heterocycles. The molecular formula is C16H13ClN2. The number of benzene rings is 3. The maximum absolute atomic E-state index is 6.03. The highest BCUT2D eigenvalue weighted by Gasteiger charge is 2.05. The minimum Gasteiger partial charge on any atom is -0.398 e. The Morgan fingerprint density at radius 1 is 0.842 bits per heavy atom. The molecular weight excluding hydrogens is 256 g/mol. The van der Waals surface area contributed by atoms with Gasteiger partial charge in [0.1, 0.15) is 0 Å². The van der Waals surface area contributed by atoms with Crippen molar-refractivity contribution in [2.75, 3.05) is 11.1 Å². The third-order valence-corrected chi connectivity index (χ3v) is 3.30. The van der Waals surface area contributed by atoms with Crippen LogP contribution < -0.4 is 11.1 Å². The van der Waals surface area contributed by atoms with E-state index in [0.717, 1.165) is 27.8 Å². The van der Waals surface area contributed by atoms with Crippen molar-refractivity contribution in [3.8, 4) is 0 Å². The first-order valence-electron chi connectivity index (χ1n) is 6.04. The van der Waals surface area contributed by atoms with Gasteiger partial charge in [-0.05, 0) is 36.4 Å². The van der Waals surface area contributed by atoms with Crippen LogP contribution in [0.5, 0.6) is 0 Å². The summed E-state index contributed by atoms with van der Waals surface area (Å²) in [6.45, 7) is 0. The number of nitrogens with two attached hydrogens (primary N) is 1. The Labute approximate surface area is 116 Å². The van der Waals surface area contributed by atoms with Gasteiger partial charge in [0.05, 0.1) is 0 Å². The Kier molecular flexibility index (Phi) is 3.02. The van der Waals surface area contributed by atoms with E-state index in [2.05, 4.69) is 5.32 Å². The average molecular weight is 269 g/mol. The predicted octanol–water partition coefficient (Wildman–Crippen LogP) is 4.82. The second-order valence-electron chi connectivity index (χ2n) is 4.38. The van der Waals surface area contributed by atoms with Crippen molar-refractivity contribution in [2.45, 2.75) is 0 Å². The molecule has 0 spiro atoms. The zero-order valence-corrected chi connectivity index (χ0v) is 11.0. The predicted molar refractivity (Wildman–Crippen MR) is 83.1 cm³/mol. The van der Waals surface area contributed by atoms with E-state index < -0.39 is 0 Å². The van der Waals surface area contributed by atoms with Crippen LogP contribution in [0.4, 0.5) is 17.1 Å². The Hall–Kier alpha value is -2.19. The standard InChI is InChI=1S/C16H13ClN2/c17-11-6-7-13-14(10-11)15(18)8-9-16(13)19-12-4-2-1-3-5-12/h1-10,19H,18H2. The molecule has 0 aliphatic heterocycles. The maximum Gasteiger partial charge on any atom is 0.0465 e. The van der Waals surface area contributed by atoms with Crippen LogP contribution in [0.15, 0.2) is 60.7 Å². The van der Waals surface area contributed by atoms with Crippen LogP contribution in [0.1, 0.15) is 0 Å². The summed E-state index contributed by atoms with van der Waals surface area (Å²) >= 11 is 6.03. The van der Waals surface area contributed by atoms with Crippen LogP contribution in [-0.4, -0.2) is 0 Å². The van der Waals surface area contributed by atoms with E-state index in [1.54, 1.807) is 0 Å².